The van der Waals surface area contributed by atoms with Gasteiger partial charge in [0.1, 0.15) is 6.04 Å². The Morgan fingerprint density at radius 3 is 2.53 bits per heavy atom. The van der Waals surface area contributed by atoms with Gasteiger partial charge in [0.2, 0.25) is 11.8 Å². The lowest BCUT2D eigenvalue weighted by Crippen LogP contribution is -2.45. The quantitative estimate of drug-likeness (QED) is 0.351. The van der Waals surface area contributed by atoms with E-state index < -0.39 is 23.8 Å². The van der Waals surface area contributed by atoms with Crippen LogP contribution in [-0.4, -0.2) is 66.4 Å². The Hall–Kier alpha value is -2.95. The zero-order chi connectivity index (χ0) is 26.1. The summed E-state index contributed by atoms with van der Waals surface area (Å²) >= 11 is 7.05. The number of carbonyl (C=O) groups is 4. The normalized spacial score (nSPS) is 14.3. The maximum atomic E-state index is 13.2. The summed E-state index contributed by atoms with van der Waals surface area (Å²) in [6, 6.07) is 8.18. The number of carboxylic acids is 1. The number of carbonyl (C=O) groups excluding carboxylic acids is 3. The van der Waals surface area contributed by atoms with Gasteiger partial charge in [-0.1, -0.05) is 17.7 Å². The first-order valence-electron chi connectivity index (χ1n) is 11.9. The number of aliphatic carboxylic acids is 1. The molecule has 0 bridgehead atoms. The predicted octanol–water partition coefficient (Wildman–Crippen LogP) is 2.93. The number of thiophene rings is 1. The molecule has 0 fully saturated rings. The number of rotatable bonds is 11. The second-order valence-electron chi connectivity index (χ2n) is 8.79. The Balaban J connectivity index is 1.63. The first-order chi connectivity index (χ1) is 17.2. The highest BCUT2D eigenvalue weighted by Crippen LogP contribution is 2.22. The molecule has 0 saturated carbocycles. The Kier molecular flexibility index (Phi) is 10.3. The van der Waals surface area contributed by atoms with E-state index in [0.29, 0.717) is 14.9 Å². The largest absolute Gasteiger partial charge is 0.481 e. The van der Waals surface area contributed by atoms with Crippen molar-refractivity contribution in [3.8, 4) is 0 Å². The van der Waals surface area contributed by atoms with Crippen LogP contribution in [0.2, 0.25) is 4.34 Å². The summed E-state index contributed by atoms with van der Waals surface area (Å²) in [7, 11) is 2.09. The molecule has 1 aliphatic heterocycles. The molecule has 1 atom stereocenters. The van der Waals surface area contributed by atoms with Crippen molar-refractivity contribution >= 4 is 52.3 Å². The molecule has 0 unspecified atom stereocenters. The van der Waals surface area contributed by atoms with E-state index >= 15 is 0 Å². The molecule has 2 aromatic rings. The third-order valence-corrected chi connectivity index (χ3v) is 7.20. The predicted molar refractivity (Wildman–Crippen MR) is 140 cm³/mol. The third-order valence-electron chi connectivity index (χ3n) is 5.97. The number of halogens is 1. The molecule has 0 aliphatic carbocycles. The highest BCUT2D eigenvalue weighted by Gasteiger charge is 2.23. The molecule has 0 radical (unpaired) electrons. The molecule has 3 amide bonds. The lowest BCUT2D eigenvalue weighted by atomic mass is 10.0. The number of anilines is 1. The molecule has 1 aromatic carbocycles. The topological polar surface area (TPSA) is 128 Å². The number of amides is 3. The molecular formula is C25H31ClN4O5S. The molecule has 1 aromatic heterocycles. The Morgan fingerprint density at radius 1 is 1.08 bits per heavy atom. The van der Waals surface area contributed by atoms with E-state index in [1.807, 2.05) is 18.2 Å². The van der Waals surface area contributed by atoms with Crippen LogP contribution in [0.3, 0.4) is 0 Å². The van der Waals surface area contributed by atoms with Gasteiger partial charge in [-0.15, -0.1) is 11.3 Å². The van der Waals surface area contributed by atoms with E-state index in [4.69, 9.17) is 16.7 Å². The number of hydrogen-bond acceptors (Lipinski definition) is 6. The monoisotopic (exact) mass is 534 g/mol. The van der Waals surface area contributed by atoms with Gasteiger partial charge in [0.25, 0.3) is 5.91 Å². The van der Waals surface area contributed by atoms with Gasteiger partial charge in [0.15, 0.2) is 0 Å². The van der Waals surface area contributed by atoms with Gasteiger partial charge in [-0.2, -0.15) is 0 Å². The zero-order valence-electron chi connectivity index (χ0n) is 20.1. The minimum absolute atomic E-state index is 0.0769. The van der Waals surface area contributed by atoms with E-state index in [9.17, 15) is 19.2 Å². The minimum atomic E-state index is -0.958. The molecular weight excluding hydrogens is 504 g/mol. The van der Waals surface area contributed by atoms with Gasteiger partial charge >= 0.3 is 5.97 Å². The van der Waals surface area contributed by atoms with Gasteiger partial charge in [0, 0.05) is 38.2 Å². The highest BCUT2D eigenvalue weighted by molar-refractivity contribution is 7.18. The highest BCUT2D eigenvalue weighted by atomic mass is 35.5. The molecule has 36 heavy (non-hydrogen) atoms. The lowest BCUT2D eigenvalue weighted by molar-refractivity contribution is -0.137. The number of nitrogens with one attached hydrogen (secondary N) is 3. The number of hydrogen-bond donors (Lipinski definition) is 4. The summed E-state index contributed by atoms with van der Waals surface area (Å²) < 4.78 is 0.463. The zero-order valence-corrected chi connectivity index (χ0v) is 21.7. The van der Waals surface area contributed by atoms with Gasteiger partial charge < -0.3 is 26.0 Å². The fraction of sp³-hybridized carbons (Fsp3) is 0.440. The van der Waals surface area contributed by atoms with E-state index in [0.717, 1.165) is 37.3 Å². The Labute approximate surface area is 219 Å². The summed E-state index contributed by atoms with van der Waals surface area (Å²) in [5.74, 6) is -2.08. The van der Waals surface area contributed by atoms with Crippen molar-refractivity contribution in [3.63, 3.8) is 0 Å². The average molecular weight is 535 g/mol. The van der Waals surface area contributed by atoms with E-state index in [-0.39, 0.29) is 38.1 Å². The summed E-state index contributed by atoms with van der Waals surface area (Å²) in [5, 5.41) is 17.0. The van der Waals surface area contributed by atoms with Crippen LogP contribution < -0.4 is 16.0 Å². The summed E-state index contributed by atoms with van der Waals surface area (Å²) in [6.07, 6.45) is 2.23. The van der Waals surface area contributed by atoms with Crippen molar-refractivity contribution in [1.82, 2.24) is 15.5 Å². The Morgan fingerprint density at radius 2 is 1.83 bits per heavy atom. The fourth-order valence-electron chi connectivity index (χ4n) is 3.92. The first kappa shape index (κ1) is 27.6. The van der Waals surface area contributed by atoms with Crippen molar-refractivity contribution in [2.45, 2.75) is 44.6 Å². The van der Waals surface area contributed by atoms with Crippen molar-refractivity contribution in [3.05, 3.63) is 50.7 Å². The molecule has 0 spiro atoms. The third kappa shape index (κ3) is 8.61. The second kappa shape index (κ2) is 13.4. The van der Waals surface area contributed by atoms with E-state index in [1.165, 1.54) is 11.1 Å². The molecule has 11 heteroatoms. The molecule has 9 nitrogen and oxygen atoms in total. The standard InChI is InChI=1S/C25H31ClN4O5S/c1-30-13-10-16-5-6-18(15-17(16)11-14-30)28-24(34)19(29-25(35)20-7-8-21(26)36-20)9-12-27-22(31)3-2-4-23(32)33/h5-8,15,19H,2-4,9-14H2,1H3,(H,27,31)(H,28,34)(H,29,35)(H,32,33)/t19-/m1/s1. The lowest BCUT2D eigenvalue weighted by Gasteiger charge is -2.19. The van der Waals surface area contributed by atoms with Crippen LogP contribution in [0, 0.1) is 0 Å². The summed E-state index contributed by atoms with van der Waals surface area (Å²) in [5.41, 5.74) is 3.11. The van der Waals surface area contributed by atoms with Gasteiger partial charge in [-0.05, 0) is 68.1 Å². The molecule has 0 saturated heterocycles. The SMILES string of the molecule is CN1CCc2ccc(NC(=O)[C@@H](CCNC(=O)CCCC(=O)O)NC(=O)c3ccc(Cl)s3)cc2CC1. The molecule has 1 aliphatic rings. The summed E-state index contributed by atoms with van der Waals surface area (Å²) in [4.78, 5) is 51.1. The van der Waals surface area contributed by atoms with Gasteiger partial charge in [-0.25, -0.2) is 0 Å². The fourth-order valence-corrected chi connectivity index (χ4v) is 4.87. The molecule has 4 N–H and O–H groups in total. The van der Waals surface area contributed by atoms with Crippen molar-refractivity contribution in [1.29, 1.82) is 0 Å². The summed E-state index contributed by atoms with van der Waals surface area (Å²) in [6.45, 7) is 2.08. The number of nitrogens with zero attached hydrogens (tertiary/aromatic N) is 1. The first-order valence-corrected chi connectivity index (χ1v) is 13.1. The maximum Gasteiger partial charge on any atom is 0.303 e. The van der Waals surface area contributed by atoms with Crippen molar-refractivity contribution < 1.29 is 24.3 Å². The van der Waals surface area contributed by atoms with Crippen LogP contribution in [0.1, 0.15) is 46.5 Å². The van der Waals surface area contributed by atoms with E-state index in [2.05, 4.69) is 27.9 Å². The molecule has 2 heterocycles. The van der Waals surface area contributed by atoms with Crippen molar-refractivity contribution in [2.75, 3.05) is 32.0 Å². The smallest absolute Gasteiger partial charge is 0.303 e. The van der Waals surface area contributed by atoms with Crippen LogP contribution in [-0.2, 0) is 27.2 Å². The number of benzene rings is 1. The van der Waals surface area contributed by atoms with E-state index in [1.54, 1.807) is 12.1 Å². The molecule has 194 valence electrons. The number of likely N-dealkylation sites (N-methyl/N-ethyl adjacent to an activating group) is 1. The Bertz CT molecular complexity index is 1110. The van der Waals surface area contributed by atoms with Crippen LogP contribution in [0.5, 0.6) is 0 Å². The van der Waals surface area contributed by atoms with Crippen LogP contribution >= 0.6 is 22.9 Å². The number of fused-ring (bicyclic) bond motifs is 1. The second-order valence-corrected chi connectivity index (χ2v) is 10.5. The van der Waals surface area contributed by atoms with Gasteiger partial charge in [0.05, 0.1) is 9.21 Å². The van der Waals surface area contributed by atoms with Gasteiger partial charge in [-0.3, -0.25) is 19.2 Å². The average Bonchev–Trinajstić information content (AvgIpc) is 3.18. The van der Waals surface area contributed by atoms with Crippen molar-refractivity contribution in [2.24, 2.45) is 0 Å². The van der Waals surface area contributed by atoms with Crippen LogP contribution in [0.25, 0.3) is 0 Å². The molecule has 3 rings (SSSR count). The van der Waals surface area contributed by atoms with Crippen LogP contribution in [0.15, 0.2) is 30.3 Å². The van der Waals surface area contributed by atoms with Crippen LogP contribution in [0.4, 0.5) is 5.69 Å². The number of carboxylic acid groups (broad SMARTS) is 1. The maximum absolute atomic E-state index is 13.2. The minimum Gasteiger partial charge on any atom is -0.481 e.